The van der Waals surface area contributed by atoms with Crippen LogP contribution in [0, 0.1) is 5.82 Å². The highest BCUT2D eigenvalue weighted by molar-refractivity contribution is 5.91. The van der Waals surface area contributed by atoms with Gasteiger partial charge in [-0.1, -0.05) is 6.07 Å². The van der Waals surface area contributed by atoms with Crippen LogP contribution in [0.4, 0.5) is 14.6 Å². The maximum atomic E-state index is 13.9. The number of anilines is 1. The number of aliphatic carboxylic acids is 1. The molecule has 0 saturated heterocycles. The molecule has 0 saturated carbocycles. The molecule has 2 aromatic rings. The van der Waals surface area contributed by atoms with Crippen molar-refractivity contribution in [2.75, 3.05) is 52.4 Å². The summed E-state index contributed by atoms with van der Waals surface area (Å²) in [4.78, 5) is 35.9. The molecule has 3 heterocycles. The molecule has 3 rings (SSSR count). The fourth-order valence-electron chi connectivity index (χ4n) is 4.99. The van der Waals surface area contributed by atoms with Crippen molar-refractivity contribution in [1.82, 2.24) is 20.2 Å². The van der Waals surface area contributed by atoms with E-state index in [0.717, 1.165) is 62.4 Å². The summed E-state index contributed by atoms with van der Waals surface area (Å²) in [7, 11) is 2.80. The minimum Gasteiger partial charge on any atom is -0.481 e. The number of nitrogens with one attached hydrogen (secondary N) is 2. The Labute approximate surface area is 246 Å². The molecular formula is C30H43F2N5O5. The van der Waals surface area contributed by atoms with Crippen LogP contribution in [-0.2, 0) is 32.6 Å². The highest BCUT2D eigenvalue weighted by atomic mass is 19.1. The van der Waals surface area contributed by atoms with Crippen LogP contribution in [0.2, 0.25) is 0 Å². The Kier molecular flexibility index (Phi) is 12.4. The Morgan fingerprint density at radius 3 is 2.71 bits per heavy atom. The van der Waals surface area contributed by atoms with E-state index in [1.54, 1.807) is 13.8 Å². The molecule has 0 fully saturated rings. The number of aromatic nitrogens is 2. The van der Waals surface area contributed by atoms with Gasteiger partial charge in [0.15, 0.2) is 0 Å². The summed E-state index contributed by atoms with van der Waals surface area (Å²) in [6, 6.07) is 4.12. The molecule has 0 aromatic carbocycles. The summed E-state index contributed by atoms with van der Waals surface area (Å²) in [5.41, 5.74) is 1.12. The molecule has 0 aliphatic carbocycles. The van der Waals surface area contributed by atoms with Crippen LogP contribution in [0.25, 0.3) is 0 Å². The Balaban J connectivity index is 1.60. The fraction of sp³-hybridized carbons (Fsp3) is 0.600. The molecule has 2 aromatic heterocycles. The van der Waals surface area contributed by atoms with Crippen LogP contribution in [0.5, 0.6) is 5.88 Å². The molecule has 3 N–H and O–H groups in total. The molecule has 0 unspecified atom stereocenters. The number of halogens is 2. The monoisotopic (exact) mass is 591 g/mol. The first-order valence-electron chi connectivity index (χ1n) is 14.4. The van der Waals surface area contributed by atoms with E-state index in [9.17, 15) is 23.5 Å². The van der Waals surface area contributed by atoms with Crippen molar-refractivity contribution in [3.05, 3.63) is 47.0 Å². The third-order valence-electron chi connectivity index (χ3n) is 7.67. The molecule has 1 aliphatic rings. The topological polar surface area (TPSA) is 126 Å². The number of hydrogen-bond donors (Lipinski definition) is 3. The number of amides is 1. The highest BCUT2D eigenvalue weighted by Gasteiger charge is 2.36. The highest BCUT2D eigenvalue weighted by Crippen LogP contribution is 2.31. The van der Waals surface area contributed by atoms with Crippen LogP contribution < -0.4 is 15.4 Å². The Morgan fingerprint density at radius 2 is 2.02 bits per heavy atom. The Morgan fingerprint density at radius 1 is 1.24 bits per heavy atom. The Hall–Kier alpha value is -3.38. The van der Waals surface area contributed by atoms with Gasteiger partial charge in [0.05, 0.1) is 24.8 Å². The number of aryl methyl sites for hydroxylation is 2. The molecule has 12 heteroatoms. The van der Waals surface area contributed by atoms with E-state index >= 15 is 0 Å². The number of alkyl halides is 1. The van der Waals surface area contributed by atoms with Gasteiger partial charge < -0.3 is 30.1 Å². The lowest BCUT2D eigenvalue weighted by Crippen LogP contribution is -2.50. The van der Waals surface area contributed by atoms with Crippen molar-refractivity contribution in [2.24, 2.45) is 0 Å². The summed E-state index contributed by atoms with van der Waals surface area (Å²) in [5.74, 6) is -1.42. The number of unbranched alkanes of at least 4 members (excludes halogenated alkanes) is 1. The van der Waals surface area contributed by atoms with Crippen molar-refractivity contribution in [2.45, 2.75) is 69.9 Å². The number of rotatable bonds is 17. The predicted molar refractivity (Wildman–Crippen MR) is 155 cm³/mol. The van der Waals surface area contributed by atoms with E-state index in [1.807, 2.05) is 4.90 Å². The maximum Gasteiger partial charge on any atom is 0.326 e. The minimum absolute atomic E-state index is 0.0771. The van der Waals surface area contributed by atoms with E-state index in [1.165, 1.54) is 19.8 Å². The van der Waals surface area contributed by atoms with Crippen LogP contribution in [0.3, 0.4) is 0 Å². The Bertz CT molecular complexity index is 1190. The number of hydrogen-bond acceptors (Lipinski definition) is 8. The molecule has 42 heavy (non-hydrogen) atoms. The molecule has 10 nitrogen and oxygen atoms in total. The summed E-state index contributed by atoms with van der Waals surface area (Å²) in [6.45, 7) is 4.53. The number of carboxylic acids is 1. The van der Waals surface area contributed by atoms with Gasteiger partial charge in [0, 0.05) is 38.0 Å². The molecule has 0 radical (unpaired) electrons. The fourth-order valence-corrected chi connectivity index (χ4v) is 4.99. The normalized spacial score (nSPS) is 14.5. The van der Waals surface area contributed by atoms with Gasteiger partial charge in [-0.2, -0.15) is 0 Å². The van der Waals surface area contributed by atoms with E-state index in [-0.39, 0.29) is 24.4 Å². The first-order chi connectivity index (χ1) is 20.1. The van der Waals surface area contributed by atoms with Gasteiger partial charge >= 0.3 is 5.97 Å². The van der Waals surface area contributed by atoms with Crippen molar-refractivity contribution in [1.29, 1.82) is 0 Å². The van der Waals surface area contributed by atoms with Gasteiger partial charge in [0.1, 0.15) is 24.4 Å². The SMILES string of the molecule is COc1ncc(F)cc1C(C)(C)C(=O)N[C@@H](CCN(CCCCc1ccc2c(n1)NCCC2)C[C@@H](CF)OC)C(=O)O. The van der Waals surface area contributed by atoms with E-state index < -0.39 is 41.9 Å². The zero-order valence-corrected chi connectivity index (χ0v) is 24.9. The molecule has 232 valence electrons. The predicted octanol–water partition coefficient (Wildman–Crippen LogP) is 3.53. The first kappa shape index (κ1) is 33.1. The molecule has 1 amide bonds. The summed E-state index contributed by atoms with van der Waals surface area (Å²) >= 11 is 0. The van der Waals surface area contributed by atoms with Crippen molar-refractivity contribution >= 4 is 17.7 Å². The van der Waals surface area contributed by atoms with Gasteiger partial charge in [-0.15, -0.1) is 0 Å². The van der Waals surface area contributed by atoms with Gasteiger partial charge in [0.25, 0.3) is 0 Å². The second-order valence-corrected chi connectivity index (χ2v) is 11.1. The lowest BCUT2D eigenvalue weighted by Gasteiger charge is -2.29. The van der Waals surface area contributed by atoms with Crippen molar-refractivity contribution in [3.63, 3.8) is 0 Å². The maximum absolute atomic E-state index is 13.9. The molecule has 0 spiro atoms. The number of pyridine rings is 2. The largest absolute Gasteiger partial charge is 0.481 e. The second kappa shape index (κ2) is 15.7. The number of carbonyl (C=O) groups is 2. The van der Waals surface area contributed by atoms with Gasteiger partial charge in [-0.25, -0.2) is 23.5 Å². The molecule has 2 atom stereocenters. The number of carbonyl (C=O) groups excluding carboxylic acids is 1. The summed E-state index contributed by atoms with van der Waals surface area (Å²) < 4.78 is 37.9. The average Bonchev–Trinajstić information content (AvgIpc) is 2.99. The summed E-state index contributed by atoms with van der Waals surface area (Å²) in [5, 5.41) is 15.8. The van der Waals surface area contributed by atoms with Gasteiger partial charge in [0.2, 0.25) is 11.8 Å². The number of fused-ring (bicyclic) bond motifs is 1. The zero-order chi connectivity index (χ0) is 30.7. The lowest BCUT2D eigenvalue weighted by atomic mass is 9.83. The lowest BCUT2D eigenvalue weighted by molar-refractivity contribution is -0.143. The third kappa shape index (κ3) is 9.06. The van der Waals surface area contributed by atoms with Crippen molar-refractivity contribution in [3.8, 4) is 5.88 Å². The van der Waals surface area contributed by atoms with Gasteiger partial charge in [-0.05, 0) is 76.6 Å². The molecular weight excluding hydrogens is 548 g/mol. The number of ether oxygens (including phenoxy) is 2. The van der Waals surface area contributed by atoms with Crippen LogP contribution >= 0.6 is 0 Å². The van der Waals surface area contributed by atoms with Gasteiger partial charge in [-0.3, -0.25) is 4.79 Å². The quantitative estimate of drug-likeness (QED) is 0.237. The van der Waals surface area contributed by atoms with Crippen LogP contribution in [0.15, 0.2) is 24.4 Å². The van der Waals surface area contributed by atoms with Crippen molar-refractivity contribution < 1.29 is 33.0 Å². The molecule has 1 aliphatic heterocycles. The molecule has 0 bridgehead atoms. The van der Waals surface area contributed by atoms with E-state index in [4.69, 9.17) is 14.5 Å². The minimum atomic E-state index is -1.33. The first-order valence-corrected chi connectivity index (χ1v) is 14.4. The third-order valence-corrected chi connectivity index (χ3v) is 7.67. The van der Waals surface area contributed by atoms with E-state index in [0.29, 0.717) is 13.1 Å². The number of carboxylic acid groups (broad SMARTS) is 1. The average molecular weight is 592 g/mol. The smallest absolute Gasteiger partial charge is 0.326 e. The number of methoxy groups -OCH3 is 2. The number of nitrogens with zero attached hydrogens (tertiary/aromatic N) is 3. The summed E-state index contributed by atoms with van der Waals surface area (Å²) in [6.07, 6.45) is 4.99. The van der Waals surface area contributed by atoms with E-state index in [2.05, 4.69) is 27.8 Å². The van der Waals surface area contributed by atoms with Crippen LogP contribution in [0.1, 0.15) is 56.4 Å². The second-order valence-electron chi connectivity index (χ2n) is 11.1. The standard InChI is InChI=1S/C30H43F2N5O5/c1-30(2,24-16-21(32)18-34-27(24)42-4)29(40)36-25(28(38)39)12-15-37(19-23(17-31)41-3)14-6-5-9-22-11-10-20-8-7-13-33-26(20)35-22/h10-11,16,18,23,25H,5-9,12-15,17,19H2,1-4H3,(H,33,35)(H,36,40)(H,38,39)/t23-,25+/m1/s1. The van der Waals surface area contributed by atoms with Crippen LogP contribution in [-0.4, -0.2) is 91.1 Å². The zero-order valence-electron chi connectivity index (χ0n) is 24.9.